The van der Waals surface area contributed by atoms with Crippen LogP contribution in [0.5, 0.6) is 0 Å². The fourth-order valence-corrected chi connectivity index (χ4v) is 3.71. The first-order valence-corrected chi connectivity index (χ1v) is 9.15. The number of carbonyl (C=O) groups excluding carboxylic acids is 2. The maximum absolute atomic E-state index is 13.2. The summed E-state index contributed by atoms with van der Waals surface area (Å²) >= 11 is 4.70. The molecule has 1 aliphatic heterocycles. The van der Waals surface area contributed by atoms with Crippen LogP contribution in [0.2, 0.25) is 0 Å². The van der Waals surface area contributed by atoms with Crippen molar-refractivity contribution in [2.75, 3.05) is 11.4 Å². The van der Waals surface area contributed by atoms with Crippen LogP contribution in [0.3, 0.4) is 0 Å². The zero-order valence-corrected chi connectivity index (χ0v) is 15.1. The summed E-state index contributed by atoms with van der Waals surface area (Å²) in [4.78, 5) is 29.8. The Balaban J connectivity index is 1.56. The molecule has 0 saturated carbocycles. The molecule has 1 N–H and O–H groups in total. The average molecular weight is 412 g/mol. The Morgan fingerprint density at radius 2 is 2.29 bits per heavy atom. The average Bonchev–Trinajstić information content (AvgIpc) is 3.17. The van der Waals surface area contributed by atoms with E-state index < -0.39 is 0 Å². The molecule has 3 rings (SSSR count). The number of aromatic nitrogens is 1. The first kappa shape index (κ1) is 17.0. The molecule has 1 aromatic heterocycles. The van der Waals surface area contributed by atoms with Crippen molar-refractivity contribution in [1.29, 1.82) is 0 Å². The highest BCUT2D eigenvalue weighted by atomic mass is 79.9. The Hall–Kier alpha value is -1.80. The second-order valence-corrected chi connectivity index (χ2v) is 7.15. The van der Waals surface area contributed by atoms with Crippen LogP contribution < -0.4 is 10.2 Å². The van der Waals surface area contributed by atoms with Gasteiger partial charge in [0.2, 0.25) is 11.8 Å². The van der Waals surface area contributed by atoms with E-state index in [2.05, 4.69) is 26.2 Å². The summed E-state index contributed by atoms with van der Waals surface area (Å²) in [6.07, 6.45) is 1.53. The third-order valence-corrected chi connectivity index (χ3v) is 5.36. The van der Waals surface area contributed by atoms with Crippen LogP contribution in [0.4, 0.5) is 9.52 Å². The van der Waals surface area contributed by atoms with Crippen LogP contribution in [0.25, 0.3) is 0 Å². The molecule has 5 nitrogen and oxygen atoms in total. The van der Waals surface area contributed by atoms with Gasteiger partial charge in [0.1, 0.15) is 5.82 Å². The van der Waals surface area contributed by atoms with Gasteiger partial charge in [-0.3, -0.25) is 14.5 Å². The normalized spacial score (nSPS) is 14.2. The summed E-state index contributed by atoms with van der Waals surface area (Å²) < 4.78 is 14.0. The number of nitrogens with zero attached hydrogens (tertiary/aromatic N) is 2. The van der Waals surface area contributed by atoms with Crippen LogP contribution in [-0.4, -0.2) is 23.3 Å². The van der Waals surface area contributed by atoms with Crippen molar-refractivity contribution in [3.05, 3.63) is 45.1 Å². The van der Waals surface area contributed by atoms with Gasteiger partial charge in [0.15, 0.2) is 5.13 Å². The molecule has 24 heavy (non-hydrogen) atoms. The largest absolute Gasteiger partial charge is 0.352 e. The number of nitrogens with one attached hydrogen (secondary N) is 1. The molecule has 0 aliphatic carbocycles. The van der Waals surface area contributed by atoms with E-state index >= 15 is 0 Å². The Bertz CT molecular complexity index is 780. The number of thiazole rings is 1. The molecule has 0 radical (unpaired) electrons. The molecule has 2 aromatic rings. The Morgan fingerprint density at radius 3 is 3.04 bits per heavy atom. The molecule has 8 heteroatoms. The smallest absolute Gasteiger partial charge is 0.228 e. The van der Waals surface area contributed by atoms with Gasteiger partial charge in [0, 0.05) is 29.4 Å². The number of halogens is 2. The van der Waals surface area contributed by atoms with Crippen LogP contribution >= 0.6 is 27.3 Å². The lowest BCUT2D eigenvalue weighted by Crippen LogP contribution is -2.25. The maximum atomic E-state index is 13.2. The number of hydrogen-bond donors (Lipinski definition) is 1. The minimum absolute atomic E-state index is 0.0799. The topological polar surface area (TPSA) is 62.3 Å². The van der Waals surface area contributed by atoms with Crippen LogP contribution in [0.1, 0.15) is 24.1 Å². The molecule has 0 bridgehead atoms. The highest BCUT2D eigenvalue weighted by molar-refractivity contribution is 9.10. The van der Waals surface area contributed by atoms with Gasteiger partial charge < -0.3 is 5.32 Å². The van der Waals surface area contributed by atoms with E-state index in [1.807, 2.05) is 0 Å². The lowest BCUT2D eigenvalue weighted by molar-refractivity contribution is -0.120. The summed E-state index contributed by atoms with van der Waals surface area (Å²) in [5.74, 6) is -0.464. The van der Waals surface area contributed by atoms with Gasteiger partial charge >= 0.3 is 0 Å². The fourth-order valence-electron chi connectivity index (χ4n) is 2.45. The van der Waals surface area contributed by atoms with E-state index in [0.29, 0.717) is 29.4 Å². The molecule has 1 fully saturated rings. The summed E-state index contributed by atoms with van der Waals surface area (Å²) in [5.41, 5.74) is 1.30. The SMILES string of the molecule is O=C(Cc1csc(N2CCCC2=O)n1)NCc1cc(F)ccc1Br. The summed E-state index contributed by atoms with van der Waals surface area (Å²) in [5, 5.41) is 5.19. The standard InChI is InChI=1S/C16H15BrFN3O2S/c17-13-4-3-11(18)6-10(13)8-19-14(22)7-12-9-24-16(20-12)21-5-1-2-15(21)23/h3-4,6,9H,1-2,5,7-8H2,(H,19,22). The van der Waals surface area contributed by atoms with Crippen molar-refractivity contribution in [3.8, 4) is 0 Å². The molecule has 2 heterocycles. The van der Waals surface area contributed by atoms with Crippen LogP contribution in [0.15, 0.2) is 28.1 Å². The lowest BCUT2D eigenvalue weighted by Gasteiger charge is -2.10. The van der Waals surface area contributed by atoms with E-state index in [4.69, 9.17) is 0 Å². The highest BCUT2D eigenvalue weighted by Gasteiger charge is 2.24. The van der Waals surface area contributed by atoms with Gasteiger partial charge in [-0.1, -0.05) is 15.9 Å². The zero-order valence-electron chi connectivity index (χ0n) is 12.7. The second-order valence-electron chi connectivity index (χ2n) is 5.46. The number of benzene rings is 1. The molecular weight excluding hydrogens is 397 g/mol. The van der Waals surface area contributed by atoms with Gasteiger partial charge in [-0.15, -0.1) is 11.3 Å². The monoisotopic (exact) mass is 411 g/mol. The molecule has 1 saturated heterocycles. The quantitative estimate of drug-likeness (QED) is 0.822. The maximum Gasteiger partial charge on any atom is 0.228 e. The molecular formula is C16H15BrFN3O2S. The van der Waals surface area contributed by atoms with E-state index in [1.54, 1.807) is 16.3 Å². The van der Waals surface area contributed by atoms with Crippen molar-refractivity contribution in [2.45, 2.75) is 25.8 Å². The first-order valence-electron chi connectivity index (χ1n) is 7.48. The van der Waals surface area contributed by atoms with Crippen molar-refractivity contribution in [1.82, 2.24) is 10.3 Å². The van der Waals surface area contributed by atoms with Crippen LogP contribution in [-0.2, 0) is 22.6 Å². The third kappa shape index (κ3) is 3.99. The Morgan fingerprint density at radius 1 is 1.46 bits per heavy atom. The van der Waals surface area contributed by atoms with E-state index in [1.165, 1.54) is 23.5 Å². The van der Waals surface area contributed by atoms with Crippen molar-refractivity contribution in [2.24, 2.45) is 0 Å². The molecule has 0 spiro atoms. The highest BCUT2D eigenvalue weighted by Crippen LogP contribution is 2.25. The third-order valence-electron chi connectivity index (χ3n) is 3.67. The predicted molar refractivity (Wildman–Crippen MR) is 93.4 cm³/mol. The number of carbonyl (C=O) groups is 2. The molecule has 0 unspecified atom stereocenters. The first-order chi connectivity index (χ1) is 11.5. The molecule has 0 atom stereocenters. The Kier molecular flexibility index (Phi) is 5.25. The summed E-state index contributed by atoms with van der Waals surface area (Å²) in [6.45, 7) is 0.921. The number of hydrogen-bond acceptors (Lipinski definition) is 4. The van der Waals surface area contributed by atoms with E-state index in [0.717, 1.165) is 10.9 Å². The summed E-state index contributed by atoms with van der Waals surface area (Å²) in [7, 11) is 0. The molecule has 2 amide bonds. The number of rotatable bonds is 5. The van der Waals surface area contributed by atoms with Crippen molar-refractivity contribution in [3.63, 3.8) is 0 Å². The second kappa shape index (κ2) is 7.40. The van der Waals surface area contributed by atoms with Gasteiger partial charge in [-0.05, 0) is 30.2 Å². The van der Waals surface area contributed by atoms with Crippen LogP contribution in [0, 0.1) is 5.82 Å². The van der Waals surface area contributed by atoms with Gasteiger partial charge in [-0.2, -0.15) is 0 Å². The van der Waals surface area contributed by atoms with Gasteiger partial charge in [-0.25, -0.2) is 9.37 Å². The minimum Gasteiger partial charge on any atom is -0.352 e. The summed E-state index contributed by atoms with van der Waals surface area (Å²) in [6, 6.07) is 4.34. The van der Waals surface area contributed by atoms with Crippen molar-refractivity contribution < 1.29 is 14.0 Å². The van der Waals surface area contributed by atoms with E-state index in [9.17, 15) is 14.0 Å². The minimum atomic E-state index is -0.345. The number of amides is 2. The molecule has 126 valence electrons. The molecule has 1 aliphatic rings. The van der Waals surface area contributed by atoms with Gasteiger partial charge in [0.05, 0.1) is 12.1 Å². The Labute approximate surface area is 151 Å². The number of anilines is 1. The fraction of sp³-hybridized carbons (Fsp3) is 0.312. The van der Waals surface area contributed by atoms with Crippen molar-refractivity contribution >= 4 is 44.2 Å². The zero-order chi connectivity index (χ0) is 17.1. The predicted octanol–water partition coefficient (Wildman–Crippen LogP) is 3.03. The van der Waals surface area contributed by atoms with Gasteiger partial charge in [0.25, 0.3) is 0 Å². The lowest BCUT2D eigenvalue weighted by atomic mass is 10.2. The van der Waals surface area contributed by atoms with E-state index in [-0.39, 0.29) is 30.6 Å². The molecule has 1 aromatic carbocycles.